The van der Waals surface area contributed by atoms with Crippen LogP contribution in [0.3, 0.4) is 0 Å². The highest BCUT2D eigenvalue weighted by Gasteiger charge is 2.33. The molecule has 2 unspecified atom stereocenters. The summed E-state index contributed by atoms with van der Waals surface area (Å²) in [5.74, 6) is 0.662. The van der Waals surface area contributed by atoms with Crippen molar-refractivity contribution in [2.75, 3.05) is 6.54 Å². The lowest BCUT2D eigenvalue weighted by Crippen LogP contribution is -2.44. The second-order valence-electron chi connectivity index (χ2n) is 5.49. The number of rotatable bonds is 3. The first-order chi connectivity index (χ1) is 9.36. The minimum Gasteiger partial charge on any atom is -0.207 e. The molecule has 1 fully saturated rings. The maximum Gasteiger partial charge on any atom is 0.243 e. The van der Waals surface area contributed by atoms with Gasteiger partial charge in [0.15, 0.2) is 0 Å². The Morgan fingerprint density at radius 2 is 2.00 bits per heavy atom. The van der Waals surface area contributed by atoms with Crippen molar-refractivity contribution in [3.8, 4) is 0 Å². The molecule has 1 aliphatic heterocycles. The molecular weight excluding hydrogens is 317 g/mol. The summed E-state index contributed by atoms with van der Waals surface area (Å²) >= 11 is 11.8. The fraction of sp³-hybridized carbons (Fsp3) is 0.571. The van der Waals surface area contributed by atoms with Crippen LogP contribution in [0.15, 0.2) is 23.1 Å². The topological polar surface area (TPSA) is 37.4 Å². The van der Waals surface area contributed by atoms with Crippen LogP contribution >= 0.6 is 23.2 Å². The van der Waals surface area contributed by atoms with Gasteiger partial charge in [0, 0.05) is 23.5 Å². The van der Waals surface area contributed by atoms with Gasteiger partial charge >= 0.3 is 0 Å². The molecule has 1 aliphatic rings. The second kappa shape index (κ2) is 6.22. The van der Waals surface area contributed by atoms with Gasteiger partial charge in [0.05, 0.1) is 4.90 Å². The highest BCUT2D eigenvalue weighted by atomic mass is 35.5. The molecule has 3 nitrogen and oxygen atoms in total. The van der Waals surface area contributed by atoms with Crippen molar-refractivity contribution < 1.29 is 8.42 Å². The molecule has 6 heteroatoms. The minimum absolute atomic E-state index is 0.0303. The number of sulfonamides is 1. The van der Waals surface area contributed by atoms with Gasteiger partial charge in [-0.25, -0.2) is 8.42 Å². The van der Waals surface area contributed by atoms with E-state index in [0.717, 1.165) is 18.4 Å². The molecule has 1 aromatic carbocycles. The van der Waals surface area contributed by atoms with Crippen molar-refractivity contribution in [3.05, 3.63) is 28.8 Å². The Bertz CT molecular complexity index is 589. The summed E-state index contributed by atoms with van der Waals surface area (Å²) in [7, 11) is -3.49. The molecule has 0 aliphatic carbocycles. The quantitative estimate of drug-likeness (QED) is 0.786. The summed E-state index contributed by atoms with van der Waals surface area (Å²) in [5.41, 5.74) is 0.743. The normalized spacial score (nSPS) is 24.8. The highest BCUT2D eigenvalue weighted by Crippen LogP contribution is 2.30. The van der Waals surface area contributed by atoms with Crippen molar-refractivity contribution in [2.24, 2.45) is 5.92 Å². The zero-order chi connectivity index (χ0) is 14.9. The van der Waals surface area contributed by atoms with Gasteiger partial charge in [0.1, 0.15) is 0 Å². The van der Waals surface area contributed by atoms with Gasteiger partial charge in [0.2, 0.25) is 10.0 Å². The molecule has 0 saturated carbocycles. The molecule has 0 spiro atoms. The van der Waals surface area contributed by atoms with Crippen molar-refractivity contribution in [2.45, 2.75) is 43.5 Å². The average molecular weight is 336 g/mol. The summed E-state index contributed by atoms with van der Waals surface area (Å²) in [6, 6.07) is 4.80. The van der Waals surface area contributed by atoms with E-state index in [9.17, 15) is 8.42 Å². The fourth-order valence-electron chi connectivity index (χ4n) is 2.52. The van der Waals surface area contributed by atoms with Gasteiger partial charge in [-0.3, -0.25) is 0 Å². The van der Waals surface area contributed by atoms with Crippen LogP contribution in [0, 0.1) is 5.92 Å². The zero-order valence-electron chi connectivity index (χ0n) is 11.6. The first kappa shape index (κ1) is 16.1. The third-order valence-corrected chi connectivity index (χ3v) is 6.45. The maximum atomic E-state index is 12.7. The fourth-order valence-corrected chi connectivity index (χ4v) is 4.94. The van der Waals surface area contributed by atoms with E-state index < -0.39 is 10.0 Å². The molecule has 0 bridgehead atoms. The standard InChI is InChI=1S/C14H19Cl2NO2S/c1-10-3-4-11(2)17(9-10)20(18,19)13-6-5-12(8-15)14(16)7-13/h5-7,10-11H,3-4,8-9H2,1-2H3. The third-order valence-electron chi connectivity index (χ3n) is 3.84. The molecule has 1 aromatic rings. The lowest BCUT2D eigenvalue weighted by molar-refractivity contribution is 0.218. The molecule has 112 valence electrons. The number of hydrogen-bond donors (Lipinski definition) is 0. The lowest BCUT2D eigenvalue weighted by atomic mass is 9.97. The molecule has 2 rings (SSSR count). The number of alkyl halides is 1. The predicted octanol–water partition coefficient (Wildman–Crippen LogP) is 3.89. The monoisotopic (exact) mass is 335 g/mol. The van der Waals surface area contributed by atoms with Crippen LogP contribution in [0.1, 0.15) is 32.3 Å². The van der Waals surface area contributed by atoms with Crippen molar-refractivity contribution in [1.29, 1.82) is 0 Å². The minimum atomic E-state index is -3.49. The molecule has 0 amide bonds. The van der Waals surface area contributed by atoms with Gasteiger partial charge in [-0.05, 0) is 43.4 Å². The van der Waals surface area contributed by atoms with E-state index in [1.807, 2.05) is 6.92 Å². The molecular formula is C14H19Cl2NO2S. The molecule has 1 heterocycles. The number of nitrogens with zero attached hydrogens (tertiary/aromatic N) is 1. The summed E-state index contributed by atoms with van der Waals surface area (Å²) in [6.45, 7) is 4.61. The van der Waals surface area contributed by atoms with E-state index >= 15 is 0 Å². The summed E-state index contributed by atoms with van der Waals surface area (Å²) < 4.78 is 27.0. The Balaban J connectivity index is 2.36. The van der Waals surface area contributed by atoms with E-state index in [1.54, 1.807) is 16.4 Å². The van der Waals surface area contributed by atoms with Gasteiger partial charge in [0.25, 0.3) is 0 Å². The van der Waals surface area contributed by atoms with Crippen LogP contribution in [-0.2, 0) is 15.9 Å². The van der Waals surface area contributed by atoms with Crippen molar-refractivity contribution >= 4 is 33.2 Å². The van der Waals surface area contributed by atoms with E-state index in [-0.39, 0.29) is 16.8 Å². The Kier molecular flexibility index (Phi) is 5.00. The van der Waals surface area contributed by atoms with Crippen molar-refractivity contribution in [3.63, 3.8) is 0 Å². The highest BCUT2D eigenvalue weighted by molar-refractivity contribution is 7.89. The first-order valence-electron chi connectivity index (χ1n) is 6.72. The van der Waals surface area contributed by atoms with E-state index in [4.69, 9.17) is 23.2 Å². The van der Waals surface area contributed by atoms with Gasteiger partial charge in [-0.1, -0.05) is 24.6 Å². The molecule has 2 atom stereocenters. The largest absolute Gasteiger partial charge is 0.243 e. The molecule has 20 heavy (non-hydrogen) atoms. The van der Waals surface area contributed by atoms with Gasteiger partial charge in [-0.2, -0.15) is 4.31 Å². The molecule has 0 N–H and O–H groups in total. The molecule has 1 saturated heterocycles. The summed E-state index contributed by atoms with van der Waals surface area (Å²) in [6.07, 6.45) is 1.97. The lowest BCUT2D eigenvalue weighted by Gasteiger charge is -2.35. The number of hydrogen-bond acceptors (Lipinski definition) is 2. The van der Waals surface area contributed by atoms with Crippen LogP contribution in [0.25, 0.3) is 0 Å². The Hall–Kier alpha value is -0.290. The van der Waals surface area contributed by atoms with E-state index in [1.165, 1.54) is 6.07 Å². The van der Waals surface area contributed by atoms with Crippen molar-refractivity contribution in [1.82, 2.24) is 4.31 Å². The number of benzene rings is 1. The van der Waals surface area contributed by atoms with Crippen LogP contribution < -0.4 is 0 Å². The predicted molar refractivity (Wildman–Crippen MR) is 82.8 cm³/mol. The van der Waals surface area contributed by atoms with Crippen LogP contribution in [0.2, 0.25) is 5.02 Å². The van der Waals surface area contributed by atoms with Crippen LogP contribution in [0.4, 0.5) is 0 Å². The summed E-state index contributed by atoms with van der Waals surface area (Å²) in [4.78, 5) is 0.248. The van der Waals surface area contributed by atoms with E-state index in [0.29, 0.717) is 17.5 Å². The zero-order valence-corrected chi connectivity index (χ0v) is 14.0. The smallest absolute Gasteiger partial charge is 0.207 e. The molecule has 0 radical (unpaired) electrons. The Labute approximate surface area is 130 Å². The first-order valence-corrected chi connectivity index (χ1v) is 9.07. The van der Waals surface area contributed by atoms with Gasteiger partial charge < -0.3 is 0 Å². The average Bonchev–Trinajstić information content (AvgIpc) is 2.41. The second-order valence-corrected chi connectivity index (χ2v) is 8.06. The number of halogens is 2. The Morgan fingerprint density at radius 3 is 2.60 bits per heavy atom. The maximum absolute atomic E-state index is 12.7. The Morgan fingerprint density at radius 1 is 1.30 bits per heavy atom. The van der Waals surface area contributed by atoms with Gasteiger partial charge in [-0.15, -0.1) is 11.6 Å². The number of piperidine rings is 1. The van der Waals surface area contributed by atoms with Crippen LogP contribution in [0.5, 0.6) is 0 Å². The molecule has 0 aromatic heterocycles. The van der Waals surface area contributed by atoms with E-state index in [2.05, 4.69) is 6.92 Å². The van der Waals surface area contributed by atoms with Crippen LogP contribution in [-0.4, -0.2) is 25.3 Å². The third kappa shape index (κ3) is 3.14. The SMILES string of the molecule is CC1CCC(C)N(S(=O)(=O)c2ccc(CCl)c(Cl)c2)C1. The summed E-state index contributed by atoms with van der Waals surface area (Å²) in [5, 5.41) is 0.402.